The van der Waals surface area contributed by atoms with Gasteiger partial charge >= 0.3 is 6.18 Å². The van der Waals surface area contributed by atoms with Crippen molar-refractivity contribution in [3.05, 3.63) is 54.6 Å². The molecule has 0 saturated carbocycles. The molecule has 0 unspecified atom stereocenters. The Morgan fingerprint density at radius 3 is 2.44 bits per heavy atom. The molecule has 0 spiro atoms. The number of rotatable bonds is 8. The van der Waals surface area contributed by atoms with Gasteiger partial charge in [-0.1, -0.05) is 0 Å². The standard InChI is InChI=1S/C23H20F3N5O5/c1-31-11-19(35-12-23(24,25)26)21(30-31)22(32)29-20-5-4-13(10-28-20)36-16-6-7-27-15-9-18(34-3)17(33-2)8-14(15)16/h4-11H,12H2,1-3H3,(H,28,29,32). The lowest BCUT2D eigenvalue weighted by Gasteiger charge is -2.12. The second kappa shape index (κ2) is 9.98. The highest BCUT2D eigenvalue weighted by atomic mass is 19.4. The normalized spacial score (nSPS) is 11.3. The number of carbonyl (C=O) groups is 1. The number of alkyl halides is 3. The number of ether oxygens (including phenoxy) is 4. The van der Waals surface area contributed by atoms with Crippen molar-refractivity contribution in [1.29, 1.82) is 0 Å². The van der Waals surface area contributed by atoms with E-state index in [-0.39, 0.29) is 17.3 Å². The number of carbonyl (C=O) groups excluding carboxylic acids is 1. The minimum absolute atomic E-state index is 0.130. The van der Waals surface area contributed by atoms with Crippen molar-refractivity contribution < 1.29 is 36.9 Å². The van der Waals surface area contributed by atoms with E-state index in [0.29, 0.717) is 33.9 Å². The van der Waals surface area contributed by atoms with E-state index in [2.05, 4.69) is 20.4 Å². The van der Waals surface area contributed by atoms with Crippen LogP contribution in [0.4, 0.5) is 19.0 Å². The molecule has 4 rings (SSSR count). The molecule has 0 radical (unpaired) electrons. The smallest absolute Gasteiger partial charge is 0.422 e. The third-order valence-corrected chi connectivity index (χ3v) is 4.81. The van der Waals surface area contributed by atoms with Gasteiger partial charge in [-0.05, 0) is 24.3 Å². The third-order valence-electron chi connectivity index (χ3n) is 4.81. The van der Waals surface area contributed by atoms with Gasteiger partial charge in [-0.2, -0.15) is 18.3 Å². The van der Waals surface area contributed by atoms with Crippen molar-refractivity contribution in [3.8, 4) is 28.7 Å². The molecule has 0 atom stereocenters. The highest BCUT2D eigenvalue weighted by Gasteiger charge is 2.30. The van der Waals surface area contributed by atoms with Gasteiger partial charge in [0.15, 0.2) is 29.5 Å². The SMILES string of the molecule is COc1cc2nccc(Oc3ccc(NC(=O)c4nn(C)cc4OCC(F)(F)F)nc3)c2cc1OC. The first-order chi connectivity index (χ1) is 17.2. The fourth-order valence-electron chi connectivity index (χ4n) is 3.24. The molecule has 1 N–H and O–H groups in total. The molecule has 10 nitrogen and oxygen atoms in total. The van der Waals surface area contributed by atoms with E-state index in [0.717, 1.165) is 0 Å². The van der Waals surface area contributed by atoms with E-state index in [1.54, 1.807) is 30.5 Å². The lowest BCUT2D eigenvalue weighted by atomic mass is 10.2. The number of hydrogen-bond donors (Lipinski definition) is 1. The second-order valence-corrected chi connectivity index (χ2v) is 7.39. The number of hydrogen-bond acceptors (Lipinski definition) is 8. The van der Waals surface area contributed by atoms with Gasteiger partial charge in [0, 0.05) is 24.7 Å². The summed E-state index contributed by atoms with van der Waals surface area (Å²) in [5, 5.41) is 7.02. The summed E-state index contributed by atoms with van der Waals surface area (Å²) in [6.07, 6.45) is -0.425. The zero-order valence-electron chi connectivity index (χ0n) is 19.3. The van der Waals surface area contributed by atoms with Crippen molar-refractivity contribution in [2.45, 2.75) is 6.18 Å². The molecule has 0 bridgehead atoms. The first-order valence-electron chi connectivity index (χ1n) is 10.4. The Bertz CT molecular complexity index is 1390. The summed E-state index contributed by atoms with van der Waals surface area (Å²) in [7, 11) is 4.50. The van der Waals surface area contributed by atoms with Crippen LogP contribution in [0, 0.1) is 0 Å². The van der Waals surface area contributed by atoms with Gasteiger partial charge in [-0.25, -0.2) is 4.98 Å². The Morgan fingerprint density at radius 2 is 1.78 bits per heavy atom. The molecule has 0 saturated heterocycles. The van der Waals surface area contributed by atoms with Gasteiger partial charge in [0.2, 0.25) is 0 Å². The summed E-state index contributed by atoms with van der Waals surface area (Å²) in [4.78, 5) is 21.0. The number of nitrogens with zero attached hydrogens (tertiary/aromatic N) is 4. The first kappa shape index (κ1) is 24.6. The van der Waals surface area contributed by atoms with Crippen LogP contribution in [0.15, 0.2) is 48.9 Å². The molecule has 1 amide bonds. The topological polar surface area (TPSA) is 110 Å². The maximum atomic E-state index is 12.6. The average molecular weight is 503 g/mol. The maximum Gasteiger partial charge on any atom is 0.422 e. The van der Waals surface area contributed by atoms with Gasteiger partial charge in [0.05, 0.1) is 32.1 Å². The molecule has 0 aliphatic rings. The number of aryl methyl sites for hydroxylation is 1. The number of anilines is 1. The summed E-state index contributed by atoms with van der Waals surface area (Å²) < 4.78 is 59.9. The quantitative estimate of drug-likeness (QED) is 0.378. The molecule has 4 aromatic rings. The van der Waals surface area contributed by atoms with Gasteiger partial charge in [0.1, 0.15) is 17.3 Å². The molecule has 188 valence electrons. The largest absolute Gasteiger partial charge is 0.493 e. The summed E-state index contributed by atoms with van der Waals surface area (Å²) >= 11 is 0. The Morgan fingerprint density at radius 1 is 1.03 bits per heavy atom. The highest BCUT2D eigenvalue weighted by Crippen LogP contribution is 2.36. The van der Waals surface area contributed by atoms with Gasteiger partial charge in [-0.3, -0.25) is 14.5 Å². The van der Waals surface area contributed by atoms with E-state index < -0.39 is 18.7 Å². The predicted octanol–water partition coefficient (Wildman–Crippen LogP) is 4.37. The molecule has 1 aromatic carbocycles. The monoisotopic (exact) mass is 503 g/mol. The van der Waals surface area contributed by atoms with E-state index in [1.807, 2.05) is 0 Å². The predicted molar refractivity (Wildman–Crippen MR) is 122 cm³/mol. The number of halogens is 3. The fourth-order valence-corrected chi connectivity index (χ4v) is 3.24. The molecule has 0 aliphatic carbocycles. The number of fused-ring (bicyclic) bond motifs is 1. The minimum Gasteiger partial charge on any atom is -0.493 e. The zero-order chi connectivity index (χ0) is 25.9. The Labute approximate surface area is 202 Å². The molecule has 3 heterocycles. The number of amides is 1. The average Bonchev–Trinajstić information content (AvgIpc) is 3.23. The number of pyridine rings is 2. The molecule has 3 aromatic heterocycles. The Kier molecular flexibility index (Phi) is 6.81. The number of benzene rings is 1. The van der Waals surface area contributed by atoms with Crippen molar-refractivity contribution >= 4 is 22.6 Å². The van der Waals surface area contributed by atoms with Crippen molar-refractivity contribution in [2.24, 2.45) is 7.05 Å². The molecule has 36 heavy (non-hydrogen) atoms. The molecule has 0 aliphatic heterocycles. The van der Waals surface area contributed by atoms with Gasteiger partial charge in [-0.15, -0.1) is 0 Å². The number of aromatic nitrogens is 4. The van der Waals surface area contributed by atoms with Crippen LogP contribution in [0.2, 0.25) is 0 Å². The summed E-state index contributed by atoms with van der Waals surface area (Å²) in [5.41, 5.74) is 0.317. The second-order valence-electron chi connectivity index (χ2n) is 7.39. The highest BCUT2D eigenvalue weighted by molar-refractivity contribution is 6.04. The van der Waals surface area contributed by atoms with Crippen LogP contribution in [0.5, 0.6) is 28.7 Å². The van der Waals surface area contributed by atoms with Gasteiger partial charge < -0.3 is 24.3 Å². The van der Waals surface area contributed by atoms with E-state index in [1.165, 1.54) is 44.4 Å². The molecule has 0 fully saturated rings. The fraction of sp³-hybridized carbons (Fsp3) is 0.217. The summed E-state index contributed by atoms with van der Waals surface area (Å²) in [6.45, 7) is -1.55. The van der Waals surface area contributed by atoms with E-state index in [4.69, 9.17) is 18.9 Å². The Hall–Kier alpha value is -4.55. The van der Waals surface area contributed by atoms with Crippen molar-refractivity contribution in [3.63, 3.8) is 0 Å². The minimum atomic E-state index is -4.56. The van der Waals surface area contributed by atoms with Crippen LogP contribution in [-0.4, -0.2) is 52.7 Å². The van der Waals surface area contributed by atoms with Crippen LogP contribution in [-0.2, 0) is 7.05 Å². The lowest BCUT2D eigenvalue weighted by molar-refractivity contribution is -0.153. The zero-order valence-corrected chi connectivity index (χ0v) is 19.3. The van der Waals surface area contributed by atoms with Crippen molar-refractivity contribution in [1.82, 2.24) is 19.7 Å². The number of nitrogens with one attached hydrogen (secondary N) is 1. The first-order valence-corrected chi connectivity index (χ1v) is 10.4. The van der Waals surface area contributed by atoms with Gasteiger partial charge in [0.25, 0.3) is 5.91 Å². The summed E-state index contributed by atoms with van der Waals surface area (Å²) in [6, 6.07) is 8.17. The lowest BCUT2D eigenvalue weighted by Crippen LogP contribution is -2.21. The third kappa shape index (κ3) is 5.56. The van der Waals surface area contributed by atoms with E-state index in [9.17, 15) is 18.0 Å². The van der Waals surface area contributed by atoms with Crippen molar-refractivity contribution in [2.75, 3.05) is 26.1 Å². The van der Waals surface area contributed by atoms with Crippen LogP contribution >= 0.6 is 0 Å². The molecule has 13 heteroatoms. The van der Waals surface area contributed by atoms with Crippen LogP contribution in [0.25, 0.3) is 10.9 Å². The Balaban J connectivity index is 1.49. The maximum absolute atomic E-state index is 12.6. The van der Waals surface area contributed by atoms with E-state index >= 15 is 0 Å². The molecular formula is C23H20F3N5O5. The number of methoxy groups -OCH3 is 2. The van der Waals surface area contributed by atoms with Crippen LogP contribution in [0.1, 0.15) is 10.5 Å². The van der Waals surface area contributed by atoms with Crippen LogP contribution < -0.4 is 24.3 Å². The summed E-state index contributed by atoms with van der Waals surface area (Å²) in [5.74, 6) is 0.926. The molecular weight excluding hydrogens is 483 g/mol. The van der Waals surface area contributed by atoms with Crippen LogP contribution in [0.3, 0.4) is 0 Å².